The number of fused-ring (bicyclic) bond motifs is 1. The molecule has 3 nitrogen and oxygen atoms in total. The van der Waals surface area contributed by atoms with E-state index in [9.17, 15) is 0 Å². The first-order chi connectivity index (χ1) is 6.40. The smallest absolute Gasteiger partial charge is 0.0906 e. The molecule has 3 heteroatoms. The molecule has 0 spiro atoms. The summed E-state index contributed by atoms with van der Waals surface area (Å²) in [5.74, 6) is 0. The Morgan fingerprint density at radius 2 is 2.38 bits per heavy atom. The second-order valence-electron chi connectivity index (χ2n) is 2.84. The van der Waals surface area contributed by atoms with Crippen molar-refractivity contribution in [2.75, 3.05) is 6.61 Å². The predicted octanol–water partition coefficient (Wildman–Crippen LogP) is 1.87. The van der Waals surface area contributed by atoms with Crippen LogP contribution in [0.2, 0.25) is 0 Å². The lowest BCUT2D eigenvalue weighted by Gasteiger charge is -1.94. The molecule has 0 unspecified atom stereocenters. The van der Waals surface area contributed by atoms with Crippen LogP contribution in [0.4, 0.5) is 0 Å². The SMILES string of the molecule is CCOCc1cc2ccccn2n1. The number of pyridine rings is 1. The lowest BCUT2D eigenvalue weighted by atomic mass is 10.4. The molecule has 0 bridgehead atoms. The van der Waals surface area contributed by atoms with E-state index in [0.29, 0.717) is 6.61 Å². The Hall–Kier alpha value is -1.35. The van der Waals surface area contributed by atoms with Crippen molar-refractivity contribution in [1.29, 1.82) is 0 Å². The number of nitrogens with zero attached hydrogens (tertiary/aromatic N) is 2. The number of hydrogen-bond donors (Lipinski definition) is 0. The monoisotopic (exact) mass is 176 g/mol. The van der Waals surface area contributed by atoms with Gasteiger partial charge in [-0.15, -0.1) is 0 Å². The van der Waals surface area contributed by atoms with Crippen molar-refractivity contribution in [2.24, 2.45) is 0 Å². The van der Waals surface area contributed by atoms with E-state index >= 15 is 0 Å². The van der Waals surface area contributed by atoms with Gasteiger partial charge in [0.2, 0.25) is 0 Å². The fourth-order valence-electron chi connectivity index (χ4n) is 1.27. The van der Waals surface area contributed by atoms with Gasteiger partial charge in [0.05, 0.1) is 17.8 Å². The molecule has 2 heterocycles. The average molecular weight is 176 g/mol. The Morgan fingerprint density at radius 1 is 1.46 bits per heavy atom. The highest BCUT2D eigenvalue weighted by molar-refractivity contribution is 5.46. The van der Waals surface area contributed by atoms with Gasteiger partial charge in [0.1, 0.15) is 0 Å². The normalized spacial score (nSPS) is 10.8. The van der Waals surface area contributed by atoms with Crippen LogP contribution in [0.5, 0.6) is 0 Å². The van der Waals surface area contributed by atoms with Crippen molar-refractivity contribution >= 4 is 5.52 Å². The summed E-state index contributed by atoms with van der Waals surface area (Å²) in [4.78, 5) is 0. The molecule has 13 heavy (non-hydrogen) atoms. The van der Waals surface area contributed by atoms with E-state index < -0.39 is 0 Å². The van der Waals surface area contributed by atoms with Crippen molar-refractivity contribution in [3.63, 3.8) is 0 Å². The quantitative estimate of drug-likeness (QED) is 0.713. The van der Waals surface area contributed by atoms with Gasteiger partial charge in [0.15, 0.2) is 0 Å². The van der Waals surface area contributed by atoms with Gasteiger partial charge in [0, 0.05) is 12.8 Å². The molecule has 0 fully saturated rings. The molecule has 0 amide bonds. The first kappa shape index (κ1) is 8.26. The molecule has 2 aromatic rings. The number of rotatable bonds is 3. The van der Waals surface area contributed by atoms with Crippen LogP contribution in [0, 0.1) is 0 Å². The van der Waals surface area contributed by atoms with Gasteiger partial charge in [-0.3, -0.25) is 0 Å². The molecule has 0 atom stereocenters. The third kappa shape index (κ3) is 1.70. The molecule has 0 aliphatic carbocycles. The maximum atomic E-state index is 5.27. The van der Waals surface area contributed by atoms with E-state index in [1.54, 1.807) is 0 Å². The topological polar surface area (TPSA) is 26.5 Å². The van der Waals surface area contributed by atoms with Crippen molar-refractivity contribution < 1.29 is 4.74 Å². The van der Waals surface area contributed by atoms with E-state index in [4.69, 9.17) is 4.74 Å². The lowest BCUT2D eigenvalue weighted by Crippen LogP contribution is -1.93. The van der Waals surface area contributed by atoms with Crippen LogP contribution in [0.15, 0.2) is 30.5 Å². The third-order valence-electron chi connectivity index (χ3n) is 1.87. The van der Waals surface area contributed by atoms with Gasteiger partial charge in [-0.2, -0.15) is 5.10 Å². The zero-order chi connectivity index (χ0) is 9.10. The summed E-state index contributed by atoms with van der Waals surface area (Å²) in [6.45, 7) is 3.31. The minimum absolute atomic E-state index is 0.595. The van der Waals surface area contributed by atoms with Crippen LogP contribution >= 0.6 is 0 Å². The summed E-state index contributed by atoms with van der Waals surface area (Å²) in [6, 6.07) is 8.03. The molecule has 68 valence electrons. The fraction of sp³-hybridized carbons (Fsp3) is 0.300. The summed E-state index contributed by atoms with van der Waals surface area (Å²) < 4.78 is 7.13. The summed E-state index contributed by atoms with van der Waals surface area (Å²) in [7, 11) is 0. The molecule has 2 aromatic heterocycles. The Morgan fingerprint density at radius 3 is 3.15 bits per heavy atom. The molecule has 0 aliphatic heterocycles. The Kier molecular flexibility index (Phi) is 2.27. The first-order valence-electron chi connectivity index (χ1n) is 4.41. The van der Waals surface area contributed by atoms with E-state index in [1.807, 2.05) is 41.9 Å². The molecule has 0 saturated heterocycles. The van der Waals surface area contributed by atoms with Gasteiger partial charge < -0.3 is 4.74 Å². The van der Waals surface area contributed by atoms with Crippen LogP contribution in [-0.4, -0.2) is 16.2 Å². The van der Waals surface area contributed by atoms with Crippen LogP contribution in [0.25, 0.3) is 5.52 Å². The third-order valence-corrected chi connectivity index (χ3v) is 1.87. The van der Waals surface area contributed by atoms with Crippen molar-refractivity contribution in [3.8, 4) is 0 Å². The van der Waals surface area contributed by atoms with Crippen molar-refractivity contribution in [3.05, 3.63) is 36.2 Å². The zero-order valence-corrected chi connectivity index (χ0v) is 7.60. The number of ether oxygens (including phenoxy) is 1. The van der Waals surface area contributed by atoms with Crippen LogP contribution in [0.1, 0.15) is 12.6 Å². The second-order valence-corrected chi connectivity index (χ2v) is 2.84. The van der Waals surface area contributed by atoms with Crippen molar-refractivity contribution in [1.82, 2.24) is 9.61 Å². The lowest BCUT2D eigenvalue weighted by molar-refractivity contribution is 0.131. The second kappa shape index (κ2) is 3.58. The summed E-state index contributed by atoms with van der Waals surface area (Å²) in [6.07, 6.45) is 1.94. The van der Waals surface area contributed by atoms with E-state index in [2.05, 4.69) is 5.10 Å². The van der Waals surface area contributed by atoms with Gasteiger partial charge >= 0.3 is 0 Å². The minimum Gasteiger partial charge on any atom is -0.375 e. The number of aromatic nitrogens is 2. The molecular weight excluding hydrogens is 164 g/mol. The maximum Gasteiger partial charge on any atom is 0.0906 e. The standard InChI is InChI=1S/C10H12N2O/c1-2-13-8-9-7-10-5-3-4-6-12(10)11-9/h3-7H,2,8H2,1H3. The highest BCUT2D eigenvalue weighted by Crippen LogP contribution is 2.06. The summed E-state index contributed by atoms with van der Waals surface area (Å²) >= 11 is 0. The first-order valence-corrected chi connectivity index (χ1v) is 4.41. The van der Waals surface area contributed by atoms with Crippen LogP contribution in [0.3, 0.4) is 0 Å². The minimum atomic E-state index is 0.595. The van der Waals surface area contributed by atoms with Crippen LogP contribution in [-0.2, 0) is 11.3 Å². The molecule has 0 aliphatic rings. The summed E-state index contributed by atoms with van der Waals surface area (Å²) in [5, 5.41) is 4.34. The molecule has 0 aromatic carbocycles. The van der Waals surface area contributed by atoms with Gasteiger partial charge in [-0.25, -0.2) is 4.52 Å². The Bertz CT molecular complexity index is 361. The maximum absolute atomic E-state index is 5.27. The van der Waals surface area contributed by atoms with E-state index in [1.165, 1.54) is 0 Å². The molecule has 2 rings (SSSR count). The Labute approximate surface area is 76.9 Å². The van der Waals surface area contributed by atoms with E-state index in [-0.39, 0.29) is 0 Å². The zero-order valence-electron chi connectivity index (χ0n) is 7.60. The number of hydrogen-bond acceptors (Lipinski definition) is 2. The summed E-state index contributed by atoms with van der Waals surface area (Å²) in [5.41, 5.74) is 2.09. The average Bonchev–Trinajstić information content (AvgIpc) is 2.57. The van der Waals surface area contributed by atoms with Crippen molar-refractivity contribution in [2.45, 2.75) is 13.5 Å². The van der Waals surface area contributed by atoms with Gasteiger partial charge in [0.25, 0.3) is 0 Å². The predicted molar refractivity (Wildman–Crippen MR) is 50.5 cm³/mol. The van der Waals surface area contributed by atoms with E-state index in [0.717, 1.165) is 17.8 Å². The van der Waals surface area contributed by atoms with Gasteiger partial charge in [-0.1, -0.05) is 6.07 Å². The molecule has 0 saturated carbocycles. The van der Waals surface area contributed by atoms with Crippen LogP contribution < -0.4 is 0 Å². The fourth-order valence-corrected chi connectivity index (χ4v) is 1.27. The highest BCUT2D eigenvalue weighted by atomic mass is 16.5. The molecular formula is C10H12N2O. The van der Waals surface area contributed by atoms with Gasteiger partial charge in [-0.05, 0) is 25.1 Å². The highest BCUT2D eigenvalue weighted by Gasteiger charge is 1.99. The Balaban J connectivity index is 2.28. The molecule has 0 radical (unpaired) electrons. The molecule has 0 N–H and O–H groups in total. The largest absolute Gasteiger partial charge is 0.375 e.